The van der Waals surface area contributed by atoms with Crippen LogP contribution < -0.4 is 10.1 Å². The summed E-state index contributed by atoms with van der Waals surface area (Å²) < 4.78 is 12.1. The Bertz CT molecular complexity index is 1960. The molecule has 10 nitrogen and oxygen atoms in total. The van der Waals surface area contributed by atoms with E-state index in [1.54, 1.807) is 19.4 Å². The molecule has 1 saturated heterocycles. The minimum Gasteiger partial charge on any atom is -0.480 e. The van der Waals surface area contributed by atoms with Crippen molar-refractivity contribution in [2.75, 3.05) is 45.2 Å². The summed E-state index contributed by atoms with van der Waals surface area (Å²) in [7, 11) is -0.226. The summed E-state index contributed by atoms with van der Waals surface area (Å²) in [6.07, 6.45) is 2.56. The SMILES string of the molecule is COc1nc(-c2cccc(-c3cccc(NC(=O)c4nc(C)c5c(n4)CN(CCO[Si](C)(C)C(C)(C)C)CC5)c3Cl)c2Cl)cnc1CN1CC(C)C1. The maximum absolute atomic E-state index is 13.6. The maximum atomic E-state index is 13.6. The predicted octanol–water partition coefficient (Wildman–Crippen LogP) is 8.31. The minimum absolute atomic E-state index is 0.108. The average molecular weight is 763 g/mol. The maximum Gasteiger partial charge on any atom is 0.293 e. The van der Waals surface area contributed by atoms with Crippen LogP contribution in [0.2, 0.25) is 28.2 Å². The largest absolute Gasteiger partial charge is 0.480 e. The molecule has 13 heteroatoms. The summed E-state index contributed by atoms with van der Waals surface area (Å²) in [6.45, 7) is 21.3. The lowest BCUT2D eigenvalue weighted by molar-refractivity contribution is 0.101. The molecule has 4 heterocycles. The molecule has 1 fully saturated rings. The van der Waals surface area contributed by atoms with Gasteiger partial charge in [0.25, 0.3) is 5.91 Å². The lowest BCUT2D eigenvalue weighted by Crippen LogP contribution is -2.44. The predicted molar refractivity (Wildman–Crippen MR) is 211 cm³/mol. The number of methoxy groups -OCH3 is 1. The molecule has 2 aliphatic heterocycles. The van der Waals surface area contributed by atoms with E-state index >= 15 is 0 Å². The number of nitrogens with one attached hydrogen (secondary N) is 1. The molecule has 0 bridgehead atoms. The molecule has 2 aromatic heterocycles. The third-order valence-corrected chi connectivity index (χ3v) is 15.9. The van der Waals surface area contributed by atoms with Crippen molar-refractivity contribution in [1.29, 1.82) is 0 Å². The molecule has 2 aromatic carbocycles. The van der Waals surface area contributed by atoms with Crippen LogP contribution in [0.25, 0.3) is 22.4 Å². The summed E-state index contributed by atoms with van der Waals surface area (Å²) in [6, 6.07) is 11.1. The van der Waals surface area contributed by atoms with Gasteiger partial charge in [-0.25, -0.2) is 15.0 Å². The molecule has 0 spiro atoms. The highest BCUT2D eigenvalue weighted by atomic mass is 35.5. The third-order valence-electron chi connectivity index (χ3n) is 10.6. The van der Waals surface area contributed by atoms with Gasteiger partial charge >= 0.3 is 0 Å². The van der Waals surface area contributed by atoms with Crippen molar-refractivity contribution in [3.63, 3.8) is 0 Å². The van der Waals surface area contributed by atoms with Crippen molar-refractivity contribution in [2.45, 2.75) is 72.3 Å². The topological polar surface area (TPSA) is 106 Å². The zero-order valence-corrected chi connectivity index (χ0v) is 34.0. The Morgan fingerprint density at radius 3 is 2.38 bits per heavy atom. The van der Waals surface area contributed by atoms with E-state index in [4.69, 9.17) is 47.3 Å². The molecule has 0 aliphatic carbocycles. The fourth-order valence-corrected chi connectivity index (χ4v) is 8.17. The molecule has 0 saturated carbocycles. The number of amides is 1. The molecule has 52 heavy (non-hydrogen) atoms. The molecule has 6 rings (SSSR count). The number of hydrogen-bond donors (Lipinski definition) is 1. The van der Waals surface area contributed by atoms with Gasteiger partial charge in [0.15, 0.2) is 8.32 Å². The Labute approximate surface area is 318 Å². The molecule has 0 unspecified atom stereocenters. The van der Waals surface area contributed by atoms with Gasteiger partial charge in [0.05, 0.1) is 40.4 Å². The van der Waals surface area contributed by atoms with Crippen LogP contribution in [0.5, 0.6) is 5.88 Å². The molecular formula is C39H49Cl2N7O3Si. The van der Waals surface area contributed by atoms with Crippen LogP contribution in [-0.4, -0.2) is 83.9 Å². The van der Waals surface area contributed by atoms with Gasteiger partial charge in [0.1, 0.15) is 5.69 Å². The average Bonchev–Trinajstić information content (AvgIpc) is 3.08. The molecule has 0 radical (unpaired) electrons. The fourth-order valence-electron chi connectivity index (χ4n) is 6.53. The van der Waals surface area contributed by atoms with Crippen molar-refractivity contribution >= 4 is 43.1 Å². The summed E-state index contributed by atoms with van der Waals surface area (Å²) in [5, 5.41) is 3.92. The standard InChI is InChI=1S/C39H49Cl2N7O3Si/c1-24-20-48(21-24)23-33-38(50-6)46-31(19-42-33)29-13-9-11-27(34(29)40)28-12-10-14-30(35(28)41)45-37(49)36-43-25(2)26-15-16-47(22-32(26)44-36)17-18-51-52(7,8)39(3,4)5/h9-14,19,24H,15-18,20-23H2,1-8H3,(H,45,49). The number of carbonyl (C=O) groups is 1. The first-order chi connectivity index (χ1) is 24.6. The number of ether oxygens (including phenoxy) is 1. The number of aromatic nitrogens is 4. The van der Waals surface area contributed by atoms with Crippen LogP contribution in [0.3, 0.4) is 0 Å². The Kier molecular flexibility index (Phi) is 11.4. The number of halogens is 2. The first-order valence-electron chi connectivity index (χ1n) is 17.9. The number of anilines is 1. The normalized spacial score (nSPS) is 15.7. The van der Waals surface area contributed by atoms with Crippen LogP contribution in [0.15, 0.2) is 42.6 Å². The molecule has 1 N–H and O–H groups in total. The second kappa shape index (κ2) is 15.5. The smallest absolute Gasteiger partial charge is 0.293 e. The highest BCUT2D eigenvalue weighted by molar-refractivity contribution is 6.74. The Morgan fingerprint density at radius 1 is 1.00 bits per heavy atom. The van der Waals surface area contributed by atoms with Crippen molar-refractivity contribution < 1.29 is 14.0 Å². The van der Waals surface area contributed by atoms with Gasteiger partial charge in [-0.15, -0.1) is 0 Å². The first kappa shape index (κ1) is 38.3. The van der Waals surface area contributed by atoms with E-state index in [0.29, 0.717) is 69.6 Å². The number of aryl methyl sites for hydroxylation is 1. The molecule has 2 aliphatic rings. The number of hydrogen-bond acceptors (Lipinski definition) is 9. The lowest BCUT2D eigenvalue weighted by atomic mass is 10.0. The Morgan fingerprint density at radius 2 is 1.69 bits per heavy atom. The Hall–Kier alpha value is -3.45. The monoisotopic (exact) mass is 761 g/mol. The zero-order chi connectivity index (χ0) is 37.4. The van der Waals surface area contributed by atoms with E-state index in [1.165, 1.54) is 0 Å². The quantitative estimate of drug-likeness (QED) is 0.151. The lowest BCUT2D eigenvalue weighted by Gasteiger charge is -2.37. The van der Waals surface area contributed by atoms with Crippen LogP contribution in [0, 0.1) is 12.8 Å². The number of rotatable bonds is 11. The fraction of sp³-hybridized carbons (Fsp3) is 0.462. The number of carbonyl (C=O) groups excluding carboxylic acids is 1. The summed E-state index contributed by atoms with van der Waals surface area (Å²) in [4.78, 5) is 37.1. The summed E-state index contributed by atoms with van der Waals surface area (Å²) >= 11 is 14.0. The number of fused-ring (bicyclic) bond motifs is 1. The van der Waals surface area contributed by atoms with E-state index in [2.05, 4.69) is 60.9 Å². The van der Waals surface area contributed by atoms with E-state index in [-0.39, 0.29) is 10.9 Å². The highest BCUT2D eigenvalue weighted by Crippen LogP contribution is 2.41. The second-order valence-corrected chi connectivity index (χ2v) is 21.1. The molecular weight excluding hydrogens is 713 g/mol. The summed E-state index contributed by atoms with van der Waals surface area (Å²) in [5.74, 6) is 0.842. The van der Waals surface area contributed by atoms with Gasteiger partial charge < -0.3 is 14.5 Å². The van der Waals surface area contributed by atoms with Crippen molar-refractivity contribution in [3.05, 3.63) is 81.1 Å². The highest BCUT2D eigenvalue weighted by Gasteiger charge is 2.37. The number of likely N-dealkylation sites (tertiary alicyclic amines) is 1. The molecule has 1 amide bonds. The van der Waals surface area contributed by atoms with Gasteiger partial charge in [-0.1, -0.05) is 81.2 Å². The third kappa shape index (κ3) is 8.20. The van der Waals surface area contributed by atoms with Crippen LogP contribution in [-0.2, 0) is 23.9 Å². The molecule has 276 valence electrons. The van der Waals surface area contributed by atoms with Gasteiger partial charge in [0, 0.05) is 68.3 Å². The van der Waals surface area contributed by atoms with Crippen molar-refractivity contribution in [1.82, 2.24) is 29.7 Å². The van der Waals surface area contributed by atoms with E-state index in [0.717, 1.165) is 55.2 Å². The van der Waals surface area contributed by atoms with E-state index in [9.17, 15) is 4.79 Å². The Balaban J connectivity index is 1.18. The molecule has 4 aromatic rings. The first-order valence-corrected chi connectivity index (χ1v) is 21.6. The van der Waals surface area contributed by atoms with E-state index < -0.39 is 14.2 Å². The summed E-state index contributed by atoms with van der Waals surface area (Å²) in [5.41, 5.74) is 6.66. The zero-order valence-electron chi connectivity index (χ0n) is 31.4. The number of benzene rings is 2. The number of nitrogens with zero attached hydrogens (tertiary/aromatic N) is 6. The van der Waals surface area contributed by atoms with Crippen LogP contribution in [0.1, 0.15) is 61.0 Å². The van der Waals surface area contributed by atoms with Gasteiger partial charge in [-0.3, -0.25) is 19.6 Å². The molecule has 0 atom stereocenters. The van der Waals surface area contributed by atoms with E-state index in [1.807, 2.05) is 37.3 Å². The minimum atomic E-state index is -1.83. The van der Waals surface area contributed by atoms with Gasteiger partial charge in [-0.05, 0) is 49.0 Å². The van der Waals surface area contributed by atoms with Gasteiger partial charge in [0.2, 0.25) is 11.7 Å². The van der Waals surface area contributed by atoms with Crippen LogP contribution in [0.4, 0.5) is 5.69 Å². The second-order valence-electron chi connectivity index (χ2n) is 15.5. The van der Waals surface area contributed by atoms with Gasteiger partial charge in [-0.2, -0.15) is 0 Å². The van der Waals surface area contributed by atoms with Crippen molar-refractivity contribution in [2.24, 2.45) is 5.92 Å². The van der Waals surface area contributed by atoms with Crippen LogP contribution >= 0.6 is 23.2 Å². The van der Waals surface area contributed by atoms with Crippen molar-refractivity contribution in [3.8, 4) is 28.3 Å².